The lowest BCUT2D eigenvalue weighted by molar-refractivity contribution is 0.173. The Morgan fingerprint density at radius 3 is 2.57 bits per heavy atom. The van der Waals surface area contributed by atoms with Crippen molar-refractivity contribution in [2.75, 3.05) is 0 Å². The molecule has 0 aliphatic heterocycles. The van der Waals surface area contributed by atoms with Gasteiger partial charge in [-0.3, -0.25) is 0 Å². The first-order chi connectivity index (χ1) is 6.83. The van der Waals surface area contributed by atoms with E-state index in [-0.39, 0.29) is 6.10 Å². The SMILES string of the molecule is CCC(O)C/C=C/Cc1ccccc1. The van der Waals surface area contributed by atoms with Crippen LogP contribution in [-0.2, 0) is 6.42 Å². The number of rotatable bonds is 5. The first kappa shape index (κ1) is 11.0. The van der Waals surface area contributed by atoms with Gasteiger partial charge in [0.05, 0.1) is 6.10 Å². The molecule has 1 atom stereocenters. The van der Waals surface area contributed by atoms with Crippen LogP contribution in [0, 0.1) is 0 Å². The van der Waals surface area contributed by atoms with E-state index in [2.05, 4.69) is 24.3 Å². The van der Waals surface area contributed by atoms with Crippen molar-refractivity contribution in [3.05, 3.63) is 48.0 Å². The van der Waals surface area contributed by atoms with Gasteiger partial charge in [-0.25, -0.2) is 0 Å². The van der Waals surface area contributed by atoms with Gasteiger partial charge in [0.25, 0.3) is 0 Å². The van der Waals surface area contributed by atoms with Gasteiger partial charge in [0, 0.05) is 0 Å². The Balaban J connectivity index is 2.27. The van der Waals surface area contributed by atoms with Crippen LogP contribution in [0.15, 0.2) is 42.5 Å². The Bertz CT molecular complexity index is 264. The Kier molecular flexibility index (Phi) is 5.02. The van der Waals surface area contributed by atoms with E-state index >= 15 is 0 Å². The van der Waals surface area contributed by atoms with E-state index in [0.29, 0.717) is 0 Å². The van der Waals surface area contributed by atoms with Crippen LogP contribution < -0.4 is 0 Å². The van der Waals surface area contributed by atoms with Crippen molar-refractivity contribution in [3.8, 4) is 0 Å². The average molecular weight is 190 g/mol. The minimum Gasteiger partial charge on any atom is -0.393 e. The number of allylic oxidation sites excluding steroid dienone is 1. The fourth-order valence-electron chi connectivity index (χ4n) is 1.25. The third-order valence-electron chi connectivity index (χ3n) is 2.24. The second-order valence-electron chi connectivity index (χ2n) is 3.46. The van der Waals surface area contributed by atoms with Crippen molar-refractivity contribution < 1.29 is 5.11 Å². The molecule has 0 aliphatic carbocycles. The molecule has 0 aromatic heterocycles. The zero-order valence-electron chi connectivity index (χ0n) is 8.69. The third kappa shape index (κ3) is 4.24. The fourth-order valence-corrected chi connectivity index (χ4v) is 1.25. The van der Waals surface area contributed by atoms with Gasteiger partial charge in [0.1, 0.15) is 0 Å². The molecule has 0 bridgehead atoms. The molecule has 1 unspecified atom stereocenters. The van der Waals surface area contributed by atoms with Crippen molar-refractivity contribution in [2.45, 2.75) is 32.3 Å². The normalized spacial score (nSPS) is 13.3. The van der Waals surface area contributed by atoms with Crippen LogP contribution in [0.4, 0.5) is 0 Å². The second-order valence-corrected chi connectivity index (χ2v) is 3.46. The number of hydrogen-bond acceptors (Lipinski definition) is 1. The van der Waals surface area contributed by atoms with Gasteiger partial charge in [0.15, 0.2) is 0 Å². The van der Waals surface area contributed by atoms with E-state index in [1.807, 2.05) is 25.1 Å². The van der Waals surface area contributed by atoms with Gasteiger partial charge in [-0.2, -0.15) is 0 Å². The summed E-state index contributed by atoms with van der Waals surface area (Å²) in [5.41, 5.74) is 1.31. The number of hydrogen-bond donors (Lipinski definition) is 1. The largest absolute Gasteiger partial charge is 0.393 e. The average Bonchev–Trinajstić information content (AvgIpc) is 2.25. The van der Waals surface area contributed by atoms with E-state index in [1.165, 1.54) is 5.56 Å². The van der Waals surface area contributed by atoms with Crippen LogP contribution in [0.1, 0.15) is 25.3 Å². The van der Waals surface area contributed by atoms with Gasteiger partial charge in [-0.1, -0.05) is 49.4 Å². The molecule has 0 radical (unpaired) electrons. The van der Waals surface area contributed by atoms with Crippen LogP contribution in [0.5, 0.6) is 0 Å². The number of aliphatic hydroxyl groups excluding tert-OH is 1. The highest BCUT2D eigenvalue weighted by atomic mass is 16.3. The lowest BCUT2D eigenvalue weighted by atomic mass is 10.1. The Morgan fingerprint density at radius 2 is 1.93 bits per heavy atom. The molecule has 0 saturated carbocycles. The molecule has 14 heavy (non-hydrogen) atoms. The summed E-state index contributed by atoms with van der Waals surface area (Å²) >= 11 is 0. The molecule has 0 saturated heterocycles. The quantitative estimate of drug-likeness (QED) is 0.708. The van der Waals surface area contributed by atoms with Crippen LogP contribution in [-0.4, -0.2) is 11.2 Å². The summed E-state index contributed by atoms with van der Waals surface area (Å²) in [6.07, 6.45) is 6.55. The van der Waals surface area contributed by atoms with Gasteiger partial charge in [0.2, 0.25) is 0 Å². The highest BCUT2D eigenvalue weighted by Gasteiger charge is 1.94. The molecule has 0 heterocycles. The molecule has 76 valence electrons. The standard InChI is InChI=1S/C13H18O/c1-2-13(14)11-7-6-10-12-8-4-3-5-9-12/h3-9,13-14H,2,10-11H2,1H3/b7-6+. The second kappa shape index (κ2) is 6.39. The van der Waals surface area contributed by atoms with Gasteiger partial charge in [-0.15, -0.1) is 0 Å². The summed E-state index contributed by atoms with van der Waals surface area (Å²) in [6.45, 7) is 2.00. The minimum absolute atomic E-state index is 0.179. The Labute approximate surface area is 86.1 Å². The topological polar surface area (TPSA) is 20.2 Å². The highest BCUT2D eigenvalue weighted by molar-refractivity contribution is 5.17. The molecule has 0 spiro atoms. The van der Waals surface area contributed by atoms with Crippen LogP contribution >= 0.6 is 0 Å². The summed E-state index contributed by atoms with van der Waals surface area (Å²) in [4.78, 5) is 0. The van der Waals surface area contributed by atoms with Crippen LogP contribution in [0.2, 0.25) is 0 Å². The van der Waals surface area contributed by atoms with Crippen molar-refractivity contribution in [3.63, 3.8) is 0 Å². The third-order valence-corrected chi connectivity index (χ3v) is 2.24. The molecule has 1 rings (SSSR count). The lowest BCUT2D eigenvalue weighted by Crippen LogP contribution is -2.01. The highest BCUT2D eigenvalue weighted by Crippen LogP contribution is 2.02. The van der Waals surface area contributed by atoms with Crippen molar-refractivity contribution >= 4 is 0 Å². The van der Waals surface area contributed by atoms with E-state index in [4.69, 9.17) is 0 Å². The maximum absolute atomic E-state index is 9.30. The molecule has 0 fully saturated rings. The molecule has 1 N–H and O–H groups in total. The van der Waals surface area contributed by atoms with Gasteiger partial charge >= 0.3 is 0 Å². The molecule has 1 nitrogen and oxygen atoms in total. The summed E-state index contributed by atoms with van der Waals surface area (Å²) in [5.74, 6) is 0. The maximum Gasteiger partial charge on any atom is 0.0572 e. The minimum atomic E-state index is -0.179. The Morgan fingerprint density at radius 1 is 1.21 bits per heavy atom. The molecule has 1 heteroatoms. The zero-order chi connectivity index (χ0) is 10.2. The van der Waals surface area contributed by atoms with E-state index < -0.39 is 0 Å². The summed E-state index contributed by atoms with van der Waals surface area (Å²) in [7, 11) is 0. The molecule has 0 aliphatic rings. The summed E-state index contributed by atoms with van der Waals surface area (Å²) in [5, 5.41) is 9.30. The molecule has 1 aromatic rings. The molecular weight excluding hydrogens is 172 g/mol. The van der Waals surface area contributed by atoms with Crippen LogP contribution in [0.25, 0.3) is 0 Å². The predicted octanol–water partition coefficient (Wildman–Crippen LogP) is 2.95. The first-order valence-electron chi connectivity index (χ1n) is 5.20. The van der Waals surface area contributed by atoms with Crippen molar-refractivity contribution in [2.24, 2.45) is 0 Å². The van der Waals surface area contributed by atoms with Gasteiger partial charge < -0.3 is 5.11 Å². The summed E-state index contributed by atoms with van der Waals surface area (Å²) in [6, 6.07) is 10.3. The lowest BCUT2D eigenvalue weighted by Gasteiger charge is -2.01. The maximum atomic E-state index is 9.30. The molecule has 0 amide bonds. The predicted molar refractivity (Wildman–Crippen MR) is 60.2 cm³/mol. The monoisotopic (exact) mass is 190 g/mol. The van der Waals surface area contributed by atoms with E-state index in [1.54, 1.807) is 0 Å². The fraction of sp³-hybridized carbons (Fsp3) is 0.385. The van der Waals surface area contributed by atoms with Gasteiger partial charge in [-0.05, 0) is 24.8 Å². The van der Waals surface area contributed by atoms with E-state index in [0.717, 1.165) is 19.3 Å². The molecular formula is C13H18O. The smallest absolute Gasteiger partial charge is 0.0572 e. The molecule has 1 aromatic carbocycles. The zero-order valence-corrected chi connectivity index (χ0v) is 8.69. The van der Waals surface area contributed by atoms with Crippen molar-refractivity contribution in [1.29, 1.82) is 0 Å². The van der Waals surface area contributed by atoms with E-state index in [9.17, 15) is 5.11 Å². The first-order valence-corrected chi connectivity index (χ1v) is 5.20. The summed E-state index contributed by atoms with van der Waals surface area (Å²) < 4.78 is 0. The Hall–Kier alpha value is -1.08. The van der Waals surface area contributed by atoms with Crippen LogP contribution in [0.3, 0.4) is 0 Å². The number of aliphatic hydroxyl groups is 1. The number of benzene rings is 1. The van der Waals surface area contributed by atoms with Crippen molar-refractivity contribution in [1.82, 2.24) is 0 Å².